The molecule has 1 heterocycles. The molecule has 0 radical (unpaired) electrons. The molecule has 1 aromatic rings. The largest absolute Gasteiger partial charge is 0.434 e. The van der Waals surface area contributed by atoms with E-state index in [0.29, 0.717) is 11.6 Å². The molecule has 0 unspecified atom stereocenters. The summed E-state index contributed by atoms with van der Waals surface area (Å²) in [6.45, 7) is 0.612. The lowest BCUT2D eigenvalue weighted by molar-refractivity contribution is -0.140. The molecule has 1 rings (SSSR count). The summed E-state index contributed by atoms with van der Waals surface area (Å²) < 4.78 is 36.3. The van der Waals surface area contributed by atoms with Gasteiger partial charge in [-0.25, -0.2) is 4.98 Å². The van der Waals surface area contributed by atoms with Crippen LogP contribution in [0, 0.1) is 0 Å². The van der Waals surface area contributed by atoms with Crippen LogP contribution in [0.5, 0.6) is 0 Å². The molecular formula is C8H9F3N2S. The standard InChI is InChI=1S/C8H9F3N2S/c1-12-4-2-3-7-13-6(5-14-7)8(9,10)11/h2-3,5,12H,4H2,1H3. The summed E-state index contributed by atoms with van der Waals surface area (Å²) in [5.74, 6) is 0. The number of nitrogens with one attached hydrogen (secondary N) is 1. The number of halogens is 3. The highest BCUT2D eigenvalue weighted by Gasteiger charge is 2.33. The summed E-state index contributed by atoms with van der Waals surface area (Å²) in [6.07, 6.45) is -1.05. The van der Waals surface area contributed by atoms with Crippen molar-refractivity contribution < 1.29 is 13.2 Å². The number of rotatable bonds is 3. The van der Waals surface area contributed by atoms with Crippen LogP contribution >= 0.6 is 11.3 Å². The highest BCUT2D eigenvalue weighted by Crippen LogP contribution is 2.30. The van der Waals surface area contributed by atoms with E-state index in [1.807, 2.05) is 0 Å². The summed E-state index contributed by atoms with van der Waals surface area (Å²) in [7, 11) is 1.76. The van der Waals surface area contributed by atoms with E-state index in [9.17, 15) is 13.2 Å². The molecule has 0 amide bonds. The number of aromatic nitrogens is 1. The number of alkyl halides is 3. The fourth-order valence-corrected chi connectivity index (χ4v) is 1.52. The molecule has 0 fully saturated rings. The summed E-state index contributed by atoms with van der Waals surface area (Å²) >= 11 is 0.981. The third-order valence-electron chi connectivity index (χ3n) is 1.39. The van der Waals surface area contributed by atoms with E-state index < -0.39 is 11.9 Å². The molecule has 6 heteroatoms. The van der Waals surface area contributed by atoms with Crippen LogP contribution in [0.25, 0.3) is 6.08 Å². The Morgan fingerprint density at radius 3 is 2.79 bits per heavy atom. The van der Waals surface area contributed by atoms with Gasteiger partial charge in [-0.2, -0.15) is 13.2 Å². The maximum absolute atomic E-state index is 12.1. The minimum atomic E-state index is -4.34. The van der Waals surface area contributed by atoms with Crippen molar-refractivity contribution in [3.05, 3.63) is 22.2 Å². The van der Waals surface area contributed by atoms with Gasteiger partial charge in [0.05, 0.1) is 0 Å². The van der Waals surface area contributed by atoms with Crippen LogP contribution in [0.4, 0.5) is 13.2 Å². The van der Waals surface area contributed by atoms with Gasteiger partial charge >= 0.3 is 6.18 Å². The van der Waals surface area contributed by atoms with E-state index in [0.717, 1.165) is 16.7 Å². The van der Waals surface area contributed by atoms with E-state index in [1.54, 1.807) is 19.2 Å². The second-order valence-corrected chi connectivity index (χ2v) is 3.42. The molecule has 2 nitrogen and oxygen atoms in total. The lowest BCUT2D eigenvalue weighted by Gasteiger charge is -1.99. The maximum Gasteiger partial charge on any atom is 0.434 e. The summed E-state index contributed by atoms with van der Waals surface area (Å²) in [6, 6.07) is 0. The SMILES string of the molecule is CNCC=Cc1nc(C(F)(F)F)cs1. The van der Waals surface area contributed by atoms with Crippen molar-refractivity contribution in [1.29, 1.82) is 0 Å². The monoisotopic (exact) mass is 222 g/mol. The van der Waals surface area contributed by atoms with E-state index in [4.69, 9.17) is 0 Å². The Labute approximate surface area is 83.5 Å². The number of likely N-dealkylation sites (N-methyl/N-ethyl adjacent to an activating group) is 1. The molecule has 1 N–H and O–H groups in total. The first-order valence-corrected chi connectivity index (χ1v) is 4.76. The Bertz CT molecular complexity index is 317. The number of nitrogens with zero attached hydrogens (tertiary/aromatic N) is 1. The van der Waals surface area contributed by atoms with Gasteiger partial charge < -0.3 is 5.32 Å². The van der Waals surface area contributed by atoms with Crippen LogP contribution < -0.4 is 5.32 Å². The lowest BCUT2D eigenvalue weighted by Crippen LogP contribution is -2.05. The van der Waals surface area contributed by atoms with Crippen molar-refractivity contribution in [3.8, 4) is 0 Å². The van der Waals surface area contributed by atoms with Crippen molar-refractivity contribution in [3.63, 3.8) is 0 Å². The van der Waals surface area contributed by atoms with Gasteiger partial charge in [-0.05, 0) is 13.1 Å². The Balaban J connectivity index is 2.69. The average molecular weight is 222 g/mol. The van der Waals surface area contributed by atoms with Crippen molar-refractivity contribution in [2.75, 3.05) is 13.6 Å². The fourth-order valence-electron chi connectivity index (χ4n) is 0.772. The van der Waals surface area contributed by atoms with Crippen LogP contribution in [-0.2, 0) is 6.18 Å². The third-order valence-corrected chi connectivity index (χ3v) is 2.20. The molecule has 0 aliphatic rings. The van der Waals surface area contributed by atoms with Gasteiger partial charge in [0, 0.05) is 11.9 Å². The number of hydrogen-bond donors (Lipinski definition) is 1. The van der Waals surface area contributed by atoms with Crippen molar-refractivity contribution in [2.45, 2.75) is 6.18 Å². The zero-order valence-electron chi connectivity index (χ0n) is 7.43. The molecule has 0 spiro atoms. The predicted molar refractivity (Wildman–Crippen MR) is 50.1 cm³/mol. The second-order valence-electron chi connectivity index (χ2n) is 2.53. The molecule has 14 heavy (non-hydrogen) atoms. The minimum Gasteiger partial charge on any atom is -0.316 e. The molecule has 1 aromatic heterocycles. The predicted octanol–water partition coefficient (Wildman–Crippen LogP) is 2.39. The van der Waals surface area contributed by atoms with Gasteiger partial charge in [0.25, 0.3) is 0 Å². The Morgan fingerprint density at radius 1 is 1.57 bits per heavy atom. The highest BCUT2D eigenvalue weighted by molar-refractivity contribution is 7.10. The molecule has 0 saturated carbocycles. The molecule has 78 valence electrons. The van der Waals surface area contributed by atoms with E-state index in [2.05, 4.69) is 10.3 Å². The first-order chi connectivity index (χ1) is 6.54. The zero-order chi connectivity index (χ0) is 10.6. The molecule has 0 saturated heterocycles. The van der Waals surface area contributed by atoms with E-state index in [-0.39, 0.29) is 0 Å². The maximum atomic E-state index is 12.1. The quantitative estimate of drug-likeness (QED) is 0.849. The number of hydrogen-bond acceptors (Lipinski definition) is 3. The van der Waals surface area contributed by atoms with Crippen LogP contribution in [-0.4, -0.2) is 18.6 Å². The van der Waals surface area contributed by atoms with Crippen molar-refractivity contribution >= 4 is 17.4 Å². The van der Waals surface area contributed by atoms with Crippen molar-refractivity contribution in [2.24, 2.45) is 0 Å². The average Bonchev–Trinajstić information content (AvgIpc) is 2.52. The van der Waals surface area contributed by atoms with Crippen LogP contribution in [0.1, 0.15) is 10.7 Å². The van der Waals surface area contributed by atoms with Gasteiger partial charge in [-0.15, -0.1) is 11.3 Å². The smallest absolute Gasteiger partial charge is 0.316 e. The number of thiazole rings is 1. The Morgan fingerprint density at radius 2 is 2.29 bits per heavy atom. The Kier molecular flexibility index (Phi) is 3.65. The first kappa shape index (κ1) is 11.2. The molecule has 0 bridgehead atoms. The van der Waals surface area contributed by atoms with Gasteiger partial charge in [-0.1, -0.05) is 6.08 Å². The van der Waals surface area contributed by atoms with Crippen LogP contribution in [0.3, 0.4) is 0 Å². The highest BCUT2D eigenvalue weighted by atomic mass is 32.1. The first-order valence-electron chi connectivity index (χ1n) is 3.88. The van der Waals surface area contributed by atoms with E-state index >= 15 is 0 Å². The van der Waals surface area contributed by atoms with Crippen molar-refractivity contribution in [1.82, 2.24) is 10.3 Å². The summed E-state index contributed by atoms with van der Waals surface area (Å²) in [5, 5.41) is 4.22. The lowest BCUT2D eigenvalue weighted by atomic mass is 10.4. The molecular weight excluding hydrogens is 213 g/mol. The molecule has 0 aliphatic carbocycles. The topological polar surface area (TPSA) is 24.9 Å². The summed E-state index contributed by atoms with van der Waals surface area (Å²) in [4.78, 5) is 3.43. The normalized spacial score (nSPS) is 12.6. The zero-order valence-corrected chi connectivity index (χ0v) is 8.25. The molecule has 0 aliphatic heterocycles. The van der Waals surface area contributed by atoms with E-state index in [1.165, 1.54) is 0 Å². The fraction of sp³-hybridized carbons (Fsp3) is 0.375. The molecule has 0 atom stereocenters. The second kappa shape index (κ2) is 4.56. The Hall–Kier alpha value is -0.880. The van der Waals surface area contributed by atoms with Gasteiger partial charge in [-0.3, -0.25) is 0 Å². The van der Waals surface area contributed by atoms with Crippen LogP contribution in [0.2, 0.25) is 0 Å². The minimum absolute atomic E-state index is 0.368. The van der Waals surface area contributed by atoms with Gasteiger partial charge in [0.15, 0.2) is 5.69 Å². The molecule has 0 aromatic carbocycles. The summed E-state index contributed by atoms with van der Waals surface area (Å²) in [5.41, 5.74) is -0.827. The van der Waals surface area contributed by atoms with Crippen LogP contribution in [0.15, 0.2) is 11.5 Å². The third kappa shape index (κ3) is 3.12. The van der Waals surface area contributed by atoms with Gasteiger partial charge in [0.2, 0.25) is 0 Å². The van der Waals surface area contributed by atoms with Gasteiger partial charge in [0.1, 0.15) is 5.01 Å².